The third-order valence-electron chi connectivity index (χ3n) is 13.1. The van der Waals surface area contributed by atoms with Gasteiger partial charge in [0.2, 0.25) is 17.7 Å². The molecule has 3 amide bonds. The summed E-state index contributed by atoms with van der Waals surface area (Å²) in [6.07, 6.45) is 32.0. The van der Waals surface area contributed by atoms with Gasteiger partial charge < -0.3 is 45.4 Å². The molecule has 72 heavy (non-hydrogen) atoms. The second-order valence-electron chi connectivity index (χ2n) is 20.1. The molecule has 0 aromatic rings. The minimum Gasteiger partial charge on any atom is -0.463 e. The van der Waals surface area contributed by atoms with Crippen LogP contribution in [0, 0.1) is 0 Å². The van der Waals surface area contributed by atoms with E-state index in [1.54, 1.807) is 0 Å². The number of rotatable bonds is 53. The lowest BCUT2D eigenvalue weighted by molar-refractivity contribution is -0.151. The van der Waals surface area contributed by atoms with Crippen LogP contribution >= 0.6 is 7.82 Å². The summed E-state index contributed by atoms with van der Waals surface area (Å²) in [4.78, 5) is 84.4. The predicted octanol–water partition coefficient (Wildman–Crippen LogP) is 11.3. The van der Waals surface area contributed by atoms with Gasteiger partial charge in [-0.2, -0.15) is 0 Å². The Morgan fingerprint density at radius 1 is 0.514 bits per heavy atom. The third kappa shape index (κ3) is 47.1. The van der Waals surface area contributed by atoms with Gasteiger partial charge in [0.25, 0.3) is 0 Å². The number of carbonyl (C=O) groups excluding carboxylic acids is 5. The second kappa shape index (κ2) is 49.3. The lowest BCUT2D eigenvalue weighted by atomic mass is 10.0. The minimum atomic E-state index is -4.87. The van der Waals surface area contributed by atoms with Crippen molar-refractivity contribution in [2.75, 3.05) is 26.4 Å². The molecule has 0 radical (unpaired) electrons. The number of unbranched alkanes of at least 4 members (excludes halogenated alkanes) is 26. The molecule has 0 aliphatic carbocycles. The molecule has 424 valence electrons. The average molecular weight is 1050 g/mol. The van der Waals surface area contributed by atoms with E-state index in [2.05, 4.69) is 41.2 Å². The number of carbonyl (C=O) groups is 5. The van der Waals surface area contributed by atoms with Crippen LogP contribution in [0.3, 0.4) is 0 Å². The number of phosphoric acid groups is 1. The molecule has 0 fully saturated rings. The van der Waals surface area contributed by atoms with Crippen molar-refractivity contribution >= 4 is 37.5 Å². The van der Waals surface area contributed by atoms with Gasteiger partial charge >= 0.3 is 19.8 Å². The van der Waals surface area contributed by atoms with E-state index >= 15 is 0 Å². The highest BCUT2D eigenvalue weighted by Gasteiger charge is 2.26. The van der Waals surface area contributed by atoms with Crippen LogP contribution in [0.4, 0.5) is 0 Å². The number of nitrogens with one attached hydrogen (secondary N) is 3. The van der Waals surface area contributed by atoms with Gasteiger partial charge in [0, 0.05) is 32.4 Å². The van der Waals surface area contributed by atoms with Crippen LogP contribution in [0.15, 0.2) is 0 Å². The lowest BCUT2D eigenvalue weighted by Crippen LogP contribution is -2.48. The van der Waals surface area contributed by atoms with Gasteiger partial charge in [-0.15, -0.1) is 0 Å². The molecule has 0 aromatic carbocycles. The number of esters is 2. The normalized spacial score (nSPS) is 13.3. The maximum atomic E-state index is 13.6. The standard InChI is InChI=1S/C55H106N3O13P/c1-4-7-10-13-16-19-22-25-29-36-48(60)44-51(61)57-47(46-69-53(63)38-32-28-33-42-59)35-34-41-56-55(65)50(40-43-70-72(66,67)68)58-52(62)45-49(37-30-26-23-20-17-14-11-8-5-2)71-54(64)39-31-27-24-21-18-15-12-9-6-3/h47-50,59-60H,4-46H2,1-3H3,(H,56,65)(H,57,61)(H,58,62)(H2,66,67,68)/t47?,48-,49-,50?/m1/s1. The highest BCUT2D eigenvalue weighted by molar-refractivity contribution is 7.46. The third-order valence-corrected chi connectivity index (χ3v) is 13.6. The molecule has 0 saturated carbocycles. The Labute approximate surface area is 436 Å². The van der Waals surface area contributed by atoms with Gasteiger partial charge in [-0.1, -0.05) is 188 Å². The summed E-state index contributed by atoms with van der Waals surface area (Å²) in [6, 6.07) is -1.85. The summed E-state index contributed by atoms with van der Waals surface area (Å²) >= 11 is 0. The average Bonchev–Trinajstić information content (AvgIpc) is 3.33. The molecular weight excluding hydrogens is 942 g/mol. The first-order valence-corrected chi connectivity index (χ1v) is 30.5. The van der Waals surface area contributed by atoms with E-state index in [0.29, 0.717) is 51.4 Å². The van der Waals surface area contributed by atoms with Crippen molar-refractivity contribution in [3.05, 3.63) is 0 Å². The molecule has 2 unspecified atom stereocenters. The smallest absolute Gasteiger partial charge is 0.463 e. The Bertz CT molecular complexity index is 1390. The van der Waals surface area contributed by atoms with Crippen LogP contribution in [-0.4, -0.2) is 100 Å². The first kappa shape index (κ1) is 69.4. The number of hydrogen-bond acceptors (Lipinski definition) is 11. The Morgan fingerprint density at radius 3 is 1.49 bits per heavy atom. The molecule has 0 aliphatic heterocycles. The fraction of sp³-hybridized carbons (Fsp3) is 0.909. The van der Waals surface area contributed by atoms with Gasteiger partial charge in [0.05, 0.1) is 31.6 Å². The van der Waals surface area contributed by atoms with Crippen LogP contribution in [0.1, 0.15) is 271 Å². The molecule has 0 rings (SSSR count). The summed E-state index contributed by atoms with van der Waals surface area (Å²) in [5, 5.41) is 28.0. The van der Waals surface area contributed by atoms with Crippen LogP contribution in [0.2, 0.25) is 0 Å². The molecule has 0 aliphatic rings. The zero-order valence-electron chi connectivity index (χ0n) is 45.6. The second-order valence-corrected chi connectivity index (χ2v) is 21.4. The zero-order valence-corrected chi connectivity index (χ0v) is 46.5. The summed E-state index contributed by atoms with van der Waals surface area (Å²) in [7, 11) is -4.87. The monoisotopic (exact) mass is 1050 g/mol. The number of phosphoric ester groups is 1. The van der Waals surface area contributed by atoms with Crippen molar-refractivity contribution in [2.24, 2.45) is 0 Å². The summed E-state index contributed by atoms with van der Waals surface area (Å²) in [6.45, 7) is 6.08. The van der Waals surface area contributed by atoms with E-state index in [4.69, 9.17) is 14.6 Å². The van der Waals surface area contributed by atoms with E-state index in [0.717, 1.165) is 64.2 Å². The molecule has 4 atom stereocenters. The molecule has 0 aromatic heterocycles. The maximum absolute atomic E-state index is 13.6. The van der Waals surface area contributed by atoms with Gasteiger partial charge in [-0.3, -0.25) is 28.5 Å². The fourth-order valence-corrected chi connectivity index (χ4v) is 9.07. The summed E-state index contributed by atoms with van der Waals surface area (Å²) < 4.78 is 27.5. The summed E-state index contributed by atoms with van der Waals surface area (Å²) in [5.41, 5.74) is 0. The van der Waals surface area contributed by atoms with Crippen molar-refractivity contribution in [3.63, 3.8) is 0 Å². The number of ether oxygens (including phenoxy) is 2. The first-order valence-electron chi connectivity index (χ1n) is 28.9. The van der Waals surface area contributed by atoms with Gasteiger partial charge in [-0.05, 0) is 51.4 Å². The largest absolute Gasteiger partial charge is 0.469 e. The van der Waals surface area contributed by atoms with Crippen LogP contribution in [0.5, 0.6) is 0 Å². The fourth-order valence-electron chi connectivity index (χ4n) is 8.73. The SMILES string of the molecule is CCCCCCCCCCCC(=O)O[C@H](CCCCCCCCCCC)CC(=O)NC(CCOP(=O)(O)O)C(=O)NCCCC(COC(=O)CCCCCO)NC(=O)C[C@H](O)CCCCCCCCCCC. The van der Waals surface area contributed by atoms with Gasteiger partial charge in [0.15, 0.2) is 0 Å². The van der Waals surface area contributed by atoms with Crippen LogP contribution in [0.25, 0.3) is 0 Å². The van der Waals surface area contributed by atoms with Crippen molar-refractivity contribution in [1.29, 1.82) is 0 Å². The van der Waals surface area contributed by atoms with Crippen molar-refractivity contribution in [2.45, 2.75) is 295 Å². The Hall–Kier alpha value is -2.62. The molecule has 7 N–H and O–H groups in total. The van der Waals surface area contributed by atoms with Crippen molar-refractivity contribution in [3.8, 4) is 0 Å². The number of aliphatic hydroxyl groups excluding tert-OH is 2. The quantitative estimate of drug-likeness (QED) is 0.0170. The van der Waals surface area contributed by atoms with Crippen molar-refractivity contribution in [1.82, 2.24) is 16.0 Å². The van der Waals surface area contributed by atoms with E-state index < -0.39 is 56.5 Å². The van der Waals surface area contributed by atoms with Gasteiger partial charge in [-0.25, -0.2) is 4.57 Å². The molecule has 16 nitrogen and oxygen atoms in total. The zero-order chi connectivity index (χ0) is 53.3. The molecular formula is C55H106N3O13P. The topological polar surface area (TPSA) is 247 Å². The molecule has 17 heteroatoms. The van der Waals surface area contributed by atoms with Crippen LogP contribution < -0.4 is 16.0 Å². The molecule has 0 bridgehead atoms. The Morgan fingerprint density at radius 2 is 0.972 bits per heavy atom. The first-order chi connectivity index (χ1) is 34.7. The van der Waals surface area contributed by atoms with E-state index in [1.807, 2.05) is 0 Å². The van der Waals surface area contributed by atoms with Crippen molar-refractivity contribution < 1.29 is 62.5 Å². The van der Waals surface area contributed by atoms with E-state index in [-0.39, 0.29) is 63.7 Å². The predicted molar refractivity (Wildman–Crippen MR) is 286 cm³/mol. The number of amides is 3. The Balaban J connectivity index is 5.55. The highest BCUT2D eigenvalue weighted by Crippen LogP contribution is 2.35. The Kier molecular flexibility index (Phi) is 47.5. The van der Waals surface area contributed by atoms with E-state index in [9.17, 15) is 43.4 Å². The highest BCUT2D eigenvalue weighted by atomic mass is 31.2. The van der Waals surface area contributed by atoms with Crippen LogP contribution in [-0.2, 0) is 42.5 Å². The minimum absolute atomic E-state index is 0.0372. The number of hydrogen-bond donors (Lipinski definition) is 7. The molecule has 0 heterocycles. The van der Waals surface area contributed by atoms with E-state index in [1.165, 1.54) is 103 Å². The maximum Gasteiger partial charge on any atom is 0.469 e. The van der Waals surface area contributed by atoms with Gasteiger partial charge in [0.1, 0.15) is 18.8 Å². The molecule has 0 saturated heterocycles. The molecule has 0 spiro atoms. The number of aliphatic hydroxyl groups is 2. The lowest BCUT2D eigenvalue weighted by Gasteiger charge is -2.22. The summed E-state index contributed by atoms with van der Waals surface area (Å²) in [5.74, 6) is -2.35.